The molecule has 0 aliphatic rings. The normalized spacial score (nSPS) is 11.4. The van der Waals surface area contributed by atoms with Crippen molar-refractivity contribution in [2.75, 3.05) is 20.6 Å². The molecule has 0 saturated heterocycles. The van der Waals surface area contributed by atoms with Gasteiger partial charge in [-0.15, -0.1) is 0 Å². The Morgan fingerprint density at radius 3 is 2.12 bits per heavy atom. The van der Waals surface area contributed by atoms with Gasteiger partial charge in [0.05, 0.1) is 0 Å². The van der Waals surface area contributed by atoms with E-state index in [1.54, 1.807) is 0 Å². The smallest absolute Gasteiger partial charge is 0.405 e. The van der Waals surface area contributed by atoms with Gasteiger partial charge in [-0.3, -0.25) is 4.79 Å². The maximum Gasteiger partial charge on any atom is 0.405 e. The summed E-state index contributed by atoms with van der Waals surface area (Å²) < 4.78 is 0. The van der Waals surface area contributed by atoms with Crippen molar-refractivity contribution >= 4 is 18.1 Å². The van der Waals surface area contributed by atoms with Gasteiger partial charge in [-0.25, -0.2) is 9.59 Å². The summed E-state index contributed by atoms with van der Waals surface area (Å²) >= 11 is 0. The van der Waals surface area contributed by atoms with Crippen LogP contribution in [0.3, 0.4) is 0 Å². The highest BCUT2D eigenvalue weighted by atomic mass is 16.4. The van der Waals surface area contributed by atoms with Gasteiger partial charge in [0.2, 0.25) is 5.91 Å². The van der Waals surface area contributed by atoms with Crippen LogP contribution in [0.5, 0.6) is 0 Å². The molecule has 3 amide bonds. The Hall–Kier alpha value is -1.99. The molecule has 0 heterocycles. The Kier molecular flexibility index (Phi) is 5.68. The number of carboxylic acid groups (broad SMARTS) is 2. The van der Waals surface area contributed by atoms with Gasteiger partial charge in [-0.05, 0) is 6.42 Å². The lowest BCUT2D eigenvalue weighted by molar-refractivity contribution is -0.130. The number of nitrogens with zero attached hydrogens (tertiary/aromatic N) is 1. The highest BCUT2D eigenvalue weighted by Crippen LogP contribution is 1.96. The number of amides is 3. The highest BCUT2D eigenvalue weighted by molar-refractivity contribution is 5.84. The number of carbonyl (C=O) groups excluding carboxylic acids is 1. The van der Waals surface area contributed by atoms with Gasteiger partial charge in [-0.1, -0.05) is 0 Å². The molecule has 0 spiro atoms. The Balaban J connectivity index is 4.26. The molecule has 0 bridgehead atoms. The first-order valence-electron chi connectivity index (χ1n) is 4.52. The van der Waals surface area contributed by atoms with Crippen LogP contribution in [0.15, 0.2) is 0 Å². The molecule has 0 radical (unpaired) electrons. The molecule has 92 valence electrons. The van der Waals surface area contributed by atoms with Gasteiger partial charge in [0, 0.05) is 20.6 Å². The lowest BCUT2D eigenvalue weighted by Gasteiger charge is -2.20. The van der Waals surface area contributed by atoms with Crippen LogP contribution in [0.4, 0.5) is 9.59 Å². The minimum atomic E-state index is -1.32. The van der Waals surface area contributed by atoms with Gasteiger partial charge >= 0.3 is 12.2 Å². The van der Waals surface area contributed by atoms with Crippen molar-refractivity contribution in [3.8, 4) is 0 Å². The van der Waals surface area contributed by atoms with Gasteiger partial charge in [0.25, 0.3) is 0 Å². The van der Waals surface area contributed by atoms with Crippen LogP contribution in [0.2, 0.25) is 0 Å². The minimum absolute atomic E-state index is 0.000139. The Labute approximate surface area is 92.2 Å². The summed E-state index contributed by atoms with van der Waals surface area (Å²) in [6, 6.07) is -0.945. The summed E-state index contributed by atoms with van der Waals surface area (Å²) in [5.41, 5.74) is 0. The van der Waals surface area contributed by atoms with Crippen LogP contribution in [-0.2, 0) is 4.79 Å². The van der Waals surface area contributed by atoms with Crippen molar-refractivity contribution < 1.29 is 24.6 Å². The molecule has 0 rings (SSSR count). The largest absolute Gasteiger partial charge is 0.465 e. The van der Waals surface area contributed by atoms with Crippen LogP contribution in [0.25, 0.3) is 0 Å². The maximum absolute atomic E-state index is 11.5. The first-order valence-corrected chi connectivity index (χ1v) is 4.52. The summed E-state index contributed by atoms with van der Waals surface area (Å²) in [4.78, 5) is 33.3. The number of nitrogens with one attached hydrogen (secondary N) is 2. The molecule has 8 heteroatoms. The molecule has 0 aromatic heterocycles. The molecule has 16 heavy (non-hydrogen) atoms. The van der Waals surface area contributed by atoms with E-state index in [4.69, 9.17) is 10.2 Å². The fourth-order valence-corrected chi connectivity index (χ4v) is 1.04. The van der Waals surface area contributed by atoms with Crippen LogP contribution < -0.4 is 10.6 Å². The van der Waals surface area contributed by atoms with Crippen LogP contribution in [0, 0.1) is 0 Å². The summed E-state index contributed by atoms with van der Waals surface area (Å²) in [5.74, 6) is -0.422. The third kappa shape index (κ3) is 5.68. The van der Waals surface area contributed by atoms with E-state index in [0.717, 1.165) is 0 Å². The van der Waals surface area contributed by atoms with Crippen LogP contribution in [0.1, 0.15) is 6.42 Å². The van der Waals surface area contributed by atoms with Crippen molar-refractivity contribution in [2.45, 2.75) is 12.5 Å². The maximum atomic E-state index is 11.5. The van der Waals surface area contributed by atoms with Crippen molar-refractivity contribution in [3.63, 3.8) is 0 Å². The lowest BCUT2D eigenvalue weighted by atomic mass is 10.2. The van der Waals surface area contributed by atoms with Crippen molar-refractivity contribution in [3.05, 3.63) is 0 Å². The quantitative estimate of drug-likeness (QED) is 0.504. The summed E-state index contributed by atoms with van der Waals surface area (Å²) in [6.45, 7) is -0.000139. The molecule has 0 aliphatic heterocycles. The summed E-state index contributed by atoms with van der Waals surface area (Å²) in [7, 11) is 2.98. The predicted molar refractivity (Wildman–Crippen MR) is 54.3 cm³/mol. The van der Waals surface area contributed by atoms with E-state index in [1.807, 2.05) is 5.32 Å². The van der Waals surface area contributed by atoms with Gasteiger partial charge in [0.15, 0.2) is 0 Å². The predicted octanol–water partition coefficient (Wildman–Crippen LogP) is -0.631. The molecule has 4 N–H and O–H groups in total. The molecule has 0 saturated carbocycles. The molecule has 0 fully saturated rings. The first-order chi connectivity index (χ1) is 7.34. The second-order valence-electron chi connectivity index (χ2n) is 3.26. The van der Waals surface area contributed by atoms with E-state index in [0.29, 0.717) is 0 Å². The highest BCUT2D eigenvalue weighted by Gasteiger charge is 2.21. The summed E-state index contributed by atoms with van der Waals surface area (Å²) in [6.07, 6.45) is -2.47. The monoisotopic (exact) mass is 233 g/mol. The van der Waals surface area contributed by atoms with Crippen LogP contribution in [-0.4, -0.2) is 59.9 Å². The zero-order chi connectivity index (χ0) is 12.7. The van der Waals surface area contributed by atoms with Crippen molar-refractivity contribution in [1.82, 2.24) is 15.5 Å². The van der Waals surface area contributed by atoms with E-state index in [9.17, 15) is 14.4 Å². The zero-order valence-corrected chi connectivity index (χ0v) is 9.06. The number of likely N-dealkylation sites (N-methyl/N-ethyl adjacent to an activating group) is 1. The molecule has 0 aliphatic carbocycles. The Morgan fingerprint density at radius 1 is 1.19 bits per heavy atom. The van der Waals surface area contributed by atoms with Gasteiger partial charge in [-0.2, -0.15) is 0 Å². The topological polar surface area (TPSA) is 119 Å². The standard InChI is InChI=1S/C8H15N3O5/c1-11(2)6(12)5(10-8(15)16)3-4-9-7(13)14/h5,9-10H,3-4H2,1-2H3,(H,13,14)(H,15,16)/t5-/m1/s1. The fourth-order valence-electron chi connectivity index (χ4n) is 1.04. The van der Waals surface area contributed by atoms with Crippen LogP contribution >= 0.6 is 0 Å². The van der Waals surface area contributed by atoms with Crippen molar-refractivity contribution in [1.29, 1.82) is 0 Å². The number of hydrogen-bond donors (Lipinski definition) is 4. The second-order valence-corrected chi connectivity index (χ2v) is 3.26. The fraction of sp³-hybridized carbons (Fsp3) is 0.625. The minimum Gasteiger partial charge on any atom is -0.465 e. The molecular formula is C8H15N3O5. The molecule has 0 aromatic carbocycles. The SMILES string of the molecule is CN(C)C(=O)[C@@H](CCNC(=O)O)NC(=O)O. The number of rotatable bonds is 5. The third-order valence-electron chi connectivity index (χ3n) is 1.75. The third-order valence-corrected chi connectivity index (χ3v) is 1.75. The second kappa shape index (κ2) is 6.49. The van der Waals surface area contributed by atoms with E-state index in [2.05, 4.69) is 5.32 Å². The first kappa shape index (κ1) is 14.0. The van der Waals surface area contributed by atoms with E-state index >= 15 is 0 Å². The van der Waals surface area contributed by atoms with E-state index in [1.165, 1.54) is 19.0 Å². The molecular weight excluding hydrogens is 218 g/mol. The van der Waals surface area contributed by atoms with Crippen molar-refractivity contribution in [2.24, 2.45) is 0 Å². The molecule has 0 unspecified atom stereocenters. The molecule has 1 atom stereocenters. The average molecular weight is 233 g/mol. The number of carbonyl (C=O) groups is 3. The van der Waals surface area contributed by atoms with E-state index in [-0.39, 0.29) is 13.0 Å². The molecule has 0 aromatic rings. The van der Waals surface area contributed by atoms with E-state index < -0.39 is 24.1 Å². The number of hydrogen-bond acceptors (Lipinski definition) is 3. The zero-order valence-electron chi connectivity index (χ0n) is 9.06. The molecule has 8 nitrogen and oxygen atoms in total. The average Bonchev–Trinajstić information content (AvgIpc) is 2.13. The lowest BCUT2D eigenvalue weighted by Crippen LogP contribution is -2.47. The Morgan fingerprint density at radius 2 is 1.75 bits per heavy atom. The Bertz CT molecular complexity index is 279. The van der Waals surface area contributed by atoms with Gasteiger partial charge in [0.1, 0.15) is 6.04 Å². The summed E-state index contributed by atoms with van der Waals surface area (Å²) in [5, 5.41) is 20.9. The van der Waals surface area contributed by atoms with Gasteiger partial charge < -0.3 is 25.7 Å².